The number of aryl methyl sites for hydroxylation is 2. The second-order valence-corrected chi connectivity index (χ2v) is 16.8. The molecule has 4 aromatic carbocycles. The molecule has 3 aliphatic rings. The van der Waals surface area contributed by atoms with Gasteiger partial charge in [0, 0.05) is 32.5 Å². The molecule has 53 heavy (non-hydrogen) atoms. The van der Waals surface area contributed by atoms with Gasteiger partial charge in [-0.25, -0.2) is 4.98 Å². The van der Waals surface area contributed by atoms with Crippen LogP contribution in [-0.2, 0) is 49.4 Å². The van der Waals surface area contributed by atoms with E-state index in [-0.39, 0.29) is 37.8 Å². The summed E-state index contributed by atoms with van der Waals surface area (Å²) in [5, 5.41) is 0. The minimum Gasteiger partial charge on any atom is -0.512 e. The van der Waals surface area contributed by atoms with Gasteiger partial charge in [-0.3, -0.25) is 4.99 Å². The van der Waals surface area contributed by atoms with E-state index in [2.05, 4.69) is 121 Å². The Balaban J connectivity index is 0.00000465. The molecule has 2 atom stereocenters. The molecule has 0 amide bonds. The Bertz CT molecular complexity index is 2360. The molecular formula is C47H49N3O2Pt. The number of anilines is 3. The molecule has 0 saturated heterocycles. The zero-order chi connectivity index (χ0) is 38.5. The van der Waals surface area contributed by atoms with E-state index in [1.54, 1.807) is 0 Å². The van der Waals surface area contributed by atoms with E-state index in [0.29, 0.717) is 34.9 Å². The van der Waals surface area contributed by atoms with Gasteiger partial charge in [0.2, 0.25) is 0 Å². The Kier molecular flexibility index (Phi) is 8.65. The van der Waals surface area contributed by atoms with E-state index in [1.807, 2.05) is 44.3 Å². The van der Waals surface area contributed by atoms with Gasteiger partial charge in [-0.15, -0.1) is 29.3 Å². The first-order chi connectivity index (χ1) is 25.4. The summed E-state index contributed by atoms with van der Waals surface area (Å²) in [6, 6.07) is 31.5. The van der Waals surface area contributed by atoms with Crippen molar-refractivity contribution in [1.29, 1.82) is 0 Å². The van der Waals surface area contributed by atoms with Crippen LogP contribution in [0, 0.1) is 26.0 Å². The summed E-state index contributed by atoms with van der Waals surface area (Å²) < 4.78 is 32.0. The fourth-order valence-corrected chi connectivity index (χ4v) is 7.96. The number of aliphatic imine (C=N–C) groups is 1. The summed E-state index contributed by atoms with van der Waals surface area (Å²) in [7, 11) is 0. The number of nitrogens with zero attached hydrogens (tertiary/aromatic N) is 3. The average Bonchev–Trinajstić information content (AvgIpc) is 3.47. The molecule has 1 aromatic heterocycles. The summed E-state index contributed by atoms with van der Waals surface area (Å²) >= 11 is 0. The molecule has 2 aliphatic heterocycles. The van der Waals surface area contributed by atoms with E-state index < -0.39 is 18.0 Å². The SMILES string of the molecule is [2H]C1([2H])c2cc(C)cc(C)c2C[C@]2(C)OC(c3[c-]c(Oc4[c-]c5c(cc4)C(C)(C)c4ccccc4N5c4cc(C(C)(C)C)ccn4)cc(C(C)C)c3)=N[C@@H]12.[Pt+2]. The number of ether oxygens (including phenoxy) is 2. The molecule has 0 saturated carbocycles. The standard InChI is InChI=1S/C47H49N3O2.Pt/c1-28(2)31-21-33(44-49-42-24-32-20-29(3)19-30(4)37(32)27-47(42,10)52-44)23-36(22-31)51-35-15-16-39-41(26-35)50(40-14-12-11-13-38(40)46(39,8)9)43-25-34(17-18-48-43)45(5,6)7;/h11-22,25,28,42H,24,27H2,1-10H3;/q-2;+2/t42-,47-;/m0./s1/i24D2;. The third-order valence-electron chi connectivity index (χ3n) is 11.0. The summed E-state index contributed by atoms with van der Waals surface area (Å²) in [6.07, 6.45) is 0.767. The van der Waals surface area contributed by atoms with Crippen molar-refractivity contribution in [1.82, 2.24) is 4.98 Å². The van der Waals surface area contributed by atoms with Crippen molar-refractivity contribution in [3.63, 3.8) is 0 Å². The molecule has 0 fully saturated rings. The number of fused-ring (bicyclic) bond motifs is 4. The van der Waals surface area contributed by atoms with Crippen LogP contribution in [0.25, 0.3) is 0 Å². The van der Waals surface area contributed by atoms with E-state index in [9.17, 15) is 2.74 Å². The monoisotopic (exact) mass is 884 g/mol. The van der Waals surface area contributed by atoms with E-state index in [4.69, 9.17) is 19.5 Å². The van der Waals surface area contributed by atoms with Gasteiger partial charge in [-0.1, -0.05) is 108 Å². The Morgan fingerprint density at radius 2 is 1.72 bits per heavy atom. The first kappa shape index (κ1) is 34.5. The zero-order valence-corrected chi connectivity index (χ0v) is 34.6. The van der Waals surface area contributed by atoms with Gasteiger partial charge in [-0.2, -0.15) is 6.07 Å². The fourth-order valence-electron chi connectivity index (χ4n) is 7.96. The third-order valence-corrected chi connectivity index (χ3v) is 11.0. The Morgan fingerprint density at radius 1 is 0.943 bits per heavy atom. The number of aromatic nitrogens is 1. The van der Waals surface area contributed by atoms with E-state index in [0.717, 1.165) is 45.0 Å². The van der Waals surface area contributed by atoms with Crippen molar-refractivity contribution in [3.8, 4) is 11.5 Å². The van der Waals surface area contributed by atoms with Gasteiger partial charge in [-0.05, 0) is 89.9 Å². The van der Waals surface area contributed by atoms with E-state index in [1.165, 1.54) is 11.1 Å². The van der Waals surface area contributed by atoms with Crippen molar-refractivity contribution in [2.45, 2.75) is 110 Å². The van der Waals surface area contributed by atoms with Crippen molar-refractivity contribution in [2.24, 2.45) is 4.99 Å². The largest absolute Gasteiger partial charge is 2.00 e. The average molecular weight is 885 g/mol. The van der Waals surface area contributed by atoms with Gasteiger partial charge >= 0.3 is 21.1 Å². The molecular weight excluding hydrogens is 834 g/mol. The van der Waals surface area contributed by atoms with Gasteiger partial charge < -0.3 is 14.4 Å². The predicted octanol–water partition coefficient (Wildman–Crippen LogP) is 11.3. The van der Waals surface area contributed by atoms with Crippen LogP contribution in [0.1, 0.15) is 114 Å². The number of hydrogen-bond donors (Lipinski definition) is 0. The Labute approximate surface area is 333 Å². The first-order valence-electron chi connectivity index (χ1n) is 19.4. The van der Waals surface area contributed by atoms with Crippen LogP contribution in [0.15, 0.2) is 84.0 Å². The maximum Gasteiger partial charge on any atom is 2.00 e. The zero-order valence-electron chi connectivity index (χ0n) is 34.3. The molecule has 0 unspecified atom stereocenters. The predicted molar refractivity (Wildman–Crippen MR) is 211 cm³/mol. The Hall–Kier alpha value is -4.21. The van der Waals surface area contributed by atoms with Crippen LogP contribution in [0.5, 0.6) is 11.5 Å². The van der Waals surface area contributed by atoms with Crippen LogP contribution in [-0.4, -0.2) is 22.5 Å². The quantitative estimate of drug-likeness (QED) is 0.165. The summed E-state index contributed by atoms with van der Waals surface area (Å²) in [5.41, 5.74) is 9.86. The maximum atomic E-state index is 9.31. The minimum atomic E-state index is -1.70. The van der Waals surface area contributed by atoms with Gasteiger partial charge in [0.1, 0.15) is 17.3 Å². The molecule has 8 rings (SSSR count). The number of rotatable bonds is 5. The second-order valence-electron chi connectivity index (χ2n) is 16.8. The molecule has 1 aliphatic carbocycles. The number of pyridine rings is 1. The molecule has 274 valence electrons. The smallest absolute Gasteiger partial charge is 0.512 e. The molecule has 5 aromatic rings. The molecule has 0 N–H and O–H groups in total. The molecule has 6 heteroatoms. The third kappa shape index (κ3) is 6.54. The minimum absolute atomic E-state index is 0. The van der Waals surface area contributed by atoms with Crippen LogP contribution in [0.3, 0.4) is 0 Å². The van der Waals surface area contributed by atoms with Gasteiger partial charge in [0.15, 0.2) is 0 Å². The van der Waals surface area contributed by atoms with Crippen molar-refractivity contribution in [3.05, 3.63) is 141 Å². The van der Waals surface area contributed by atoms with Crippen LogP contribution >= 0.6 is 0 Å². The van der Waals surface area contributed by atoms with Gasteiger partial charge in [0.05, 0.1) is 6.04 Å². The van der Waals surface area contributed by atoms with Crippen LogP contribution in [0.2, 0.25) is 0 Å². The summed E-state index contributed by atoms with van der Waals surface area (Å²) in [4.78, 5) is 12.1. The number of hydrogen-bond acceptors (Lipinski definition) is 5. The van der Waals surface area contributed by atoms with Crippen LogP contribution < -0.4 is 9.64 Å². The first-order valence-corrected chi connectivity index (χ1v) is 18.4. The molecule has 0 bridgehead atoms. The fraction of sp³-hybridized carbons (Fsp3) is 0.362. The van der Waals surface area contributed by atoms with Crippen molar-refractivity contribution < 1.29 is 33.3 Å². The molecule has 0 radical (unpaired) electrons. The maximum absolute atomic E-state index is 9.31. The topological polar surface area (TPSA) is 47.0 Å². The molecule has 0 spiro atoms. The Morgan fingerprint density at radius 3 is 2.47 bits per heavy atom. The molecule has 5 nitrogen and oxygen atoms in total. The second kappa shape index (κ2) is 13.3. The summed E-state index contributed by atoms with van der Waals surface area (Å²) in [5.74, 6) is 2.48. The molecule has 3 heterocycles. The van der Waals surface area contributed by atoms with Gasteiger partial charge in [0.25, 0.3) is 0 Å². The van der Waals surface area contributed by atoms with Crippen molar-refractivity contribution >= 4 is 23.1 Å². The normalized spacial score (nSPS) is 21.2. The van der Waals surface area contributed by atoms with Crippen molar-refractivity contribution in [2.75, 3.05) is 4.90 Å². The van der Waals surface area contributed by atoms with Crippen LogP contribution in [0.4, 0.5) is 17.2 Å². The number of para-hydroxylation sites is 1. The summed E-state index contributed by atoms with van der Waals surface area (Å²) in [6.45, 7) is 21.5. The van der Waals surface area contributed by atoms with E-state index >= 15 is 0 Å². The number of benzene rings is 4.